The standard InChI is InChI=1S/C15H24N2O2/c1-3-18-14-5-7-17(8-6-14)13-9-12(16)10-15(11-13)19-4-2/h9-11,14H,3-8,16H2,1-2H3. The van der Waals surface area contributed by atoms with E-state index in [4.69, 9.17) is 15.2 Å². The highest BCUT2D eigenvalue weighted by molar-refractivity contribution is 5.60. The lowest BCUT2D eigenvalue weighted by atomic mass is 10.1. The molecular formula is C15H24N2O2. The molecule has 1 aromatic carbocycles. The number of anilines is 2. The molecule has 2 N–H and O–H groups in total. The van der Waals surface area contributed by atoms with Crippen molar-refractivity contribution >= 4 is 11.4 Å². The van der Waals surface area contributed by atoms with Crippen LogP contribution in [0.3, 0.4) is 0 Å². The Labute approximate surface area is 115 Å². The van der Waals surface area contributed by atoms with Gasteiger partial charge >= 0.3 is 0 Å². The molecule has 1 aliphatic heterocycles. The molecule has 0 aliphatic carbocycles. The van der Waals surface area contributed by atoms with Crippen LogP contribution >= 0.6 is 0 Å². The number of hydrogen-bond acceptors (Lipinski definition) is 4. The third-order valence-corrected chi connectivity index (χ3v) is 3.43. The summed E-state index contributed by atoms with van der Waals surface area (Å²) in [5, 5.41) is 0. The predicted octanol–water partition coefficient (Wildman–Crippen LogP) is 2.67. The van der Waals surface area contributed by atoms with Gasteiger partial charge < -0.3 is 20.1 Å². The fraction of sp³-hybridized carbons (Fsp3) is 0.600. The van der Waals surface area contributed by atoms with Crippen molar-refractivity contribution in [3.05, 3.63) is 18.2 Å². The molecular weight excluding hydrogens is 240 g/mol. The van der Waals surface area contributed by atoms with Gasteiger partial charge in [-0.3, -0.25) is 0 Å². The number of nitrogens with zero attached hydrogens (tertiary/aromatic N) is 1. The average Bonchev–Trinajstić information content (AvgIpc) is 2.40. The average molecular weight is 264 g/mol. The fourth-order valence-electron chi connectivity index (χ4n) is 2.55. The van der Waals surface area contributed by atoms with Gasteiger partial charge in [0.25, 0.3) is 0 Å². The molecule has 0 spiro atoms. The largest absolute Gasteiger partial charge is 0.494 e. The molecule has 4 nitrogen and oxygen atoms in total. The van der Waals surface area contributed by atoms with Gasteiger partial charge in [-0.15, -0.1) is 0 Å². The van der Waals surface area contributed by atoms with E-state index in [2.05, 4.69) is 17.9 Å². The highest BCUT2D eigenvalue weighted by Gasteiger charge is 2.20. The van der Waals surface area contributed by atoms with Gasteiger partial charge in [-0.25, -0.2) is 0 Å². The van der Waals surface area contributed by atoms with Crippen LogP contribution in [-0.4, -0.2) is 32.4 Å². The van der Waals surface area contributed by atoms with Gasteiger partial charge in [0.2, 0.25) is 0 Å². The minimum atomic E-state index is 0.411. The van der Waals surface area contributed by atoms with Gasteiger partial charge in [-0.2, -0.15) is 0 Å². The molecule has 0 atom stereocenters. The second-order valence-corrected chi connectivity index (χ2v) is 4.84. The first-order valence-corrected chi connectivity index (χ1v) is 7.12. The Bertz CT molecular complexity index is 401. The summed E-state index contributed by atoms with van der Waals surface area (Å²) in [6.07, 6.45) is 2.56. The minimum absolute atomic E-state index is 0.411. The maximum atomic E-state index is 5.94. The van der Waals surface area contributed by atoms with Crippen LogP contribution in [0.25, 0.3) is 0 Å². The maximum Gasteiger partial charge on any atom is 0.123 e. The van der Waals surface area contributed by atoms with Crippen LogP contribution in [-0.2, 0) is 4.74 Å². The first kappa shape index (κ1) is 14.0. The van der Waals surface area contributed by atoms with Crippen molar-refractivity contribution in [3.63, 3.8) is 0 Å². The van der Waals surface area contributed by atoms with Gasteiger partial charge in [0.05, 0.1) is 12.7 Å². The molecule has 0 unspecified atom stereocenters. The second kappa shape index (κ2) is 6.66. The third-order valence-electron chi connectivity index (χ3n) is 3.43. The van der Waals surface area contributed by atoms with Crippen LogP contribution < -0.4 is 15.4 Å². The summed E-state index contributed by atoms with van der Waals surface area (Å²) >= 11 is 0. The van der Waals surface area contributed by atoms with E-state index in [0.717, 1.165) is 49.7 Å². The fourth-order valence-corrected chi connectivity index (χ4v) is 2.55. The molecule has 0 aromatic heterocycles. The van der Waals surface area contributed by atoms with Crippen LogP contribution in [0.4, 0.5) is 11.4 Å². The van der Waals surface area contributed by atoms with Gasteiger partial charge in [0.15, 0.2) is 0 Å². The Morgan fingerprint density at radius 3 is 2.53 bits per heavy atom. The van der Waals surface area contributed by atoms with Crippen LogP contribution in [0.1, 0.15) is 26.7 Å². The summed E-state index contributed by atoms with van der Waals surface area (Å²) in [5.74, 6) is 0.851. The molecule has 1 aromatic rings. The zero-order valence-corrected chi connectivity index (χ0v) is 11.9. The third kappa shape index (κ3) is 3.77. The molecule has 1 fully saturated rings. The van der Waals surface area contributed by atoms with E-state index in [1.807, 2.05) is 19.1 Å². The lowest BCUT2D eigenvalue weighted by Gasteiger charge is -2.33. The summed E-state index contributed by atoms with van der Waals surface area (Å²) in [6, 6.07) is 5.96. The molecule has 0 amide bonds. The first-order valence-electron chi connectivity index (χ1n) is 7.12. The van der Waals surface area contributed by atoms with Crippen LogP contribution in [0.5, 0.6) is 5.75 Å². The first-order chi connectivity index (χ1) is 9.22. The van der Waals surface area contributed by atoms with Crippen LogP contribution in [0.2, 0.25) is 0 Å². The number of benzene rings is 1. The van der Waals surface area contributed by atoms with Crippen LogP contribution in [0, 0.1) is 0 Å². The number of nitrogen functional groups attached to an aromatic ring is 1. The zero-order valence-electron chi connectivity index (χ0n) is 11.9. The van der Waals surface area contributed by atoms with Crippen molar-refractivity contribution in [2.45, 2.75) is 32.8 Å². The number of hydrogen-bond donors (Lipinski definition) is 1. The van der Waals surface area contributed by atoms with E-state index in [0.29, 0.717) is 12.7 Å². The highest BCUT2D eigenvalue weighted by atomic mass is 16.5. The minimum Gasteiger partial charge on any atom is -0.494 e. The van der Waals surface area contributed by atoms with Gasteiger partial charge in [-0.1, -0.05) is 0 Å². The summed E-state index contributed by atoms with van der Waals surface area (Å²) in [5.41, 5.74) is 7.85. The van der Waals surface area contributed by atoms with E-state index in [-0.39, 0.29) is 0 Å². The van der Waals surface area contributed by atoms with Gasteiger partial charge in [-0.05, 0) is 32.8 Å². The Morgan fingerprint density at radius 2 is 1.89 bits per heavy atom. The van der Waals surface area contributed by atoms with Crippen molar-refractivity contribution in [1.29, 1.82) is 0 Å². The van der Waals surface area contributed by atoms with Crippen LogP contribution in [0.15, 0.2) is 18.2 Å². The van der Waals surface area contributed by atoms with Gasteiger partial charge in [0, 0.05) is 43.2 Å². The number of piperidine rings is 1. The Balaban J connectivity index is 2.02. The number of rotatable bonds is 5. The quantitative estimate of drug-likeness (QED) is 0.831. The molecule has 1 saturated heterocycles. The van der Waals surface area contributed by atoms with E-state index >= 15 is 0 Å². The summed E-state index contributed by atoms with van der Waals surface area (Å²) < 4.78 is 11.2. The number of ether oxygens (including phenoxy) is 2. The lowest BCUT2D eigenvalue weighted by Crippen LogP contribution is -2.37. The molecule has 4 heteroatoms. The van der Waals surface area contributed by atoms with Crippen molar-refractivity contribution in [1.82, 2.24) is 0 Å². The van der Waals surface area contributed by atoms with Crippen molar-refractivity contribution in [2.75, 3.05) is 36.9 Å². The molecule has 2 rings (SSSR count). The Morgan fingerprint density at radius 1 is 1.16 bits per heavy atom. The summed E-state index contributed by atoms with van der Waals surface area (Å²) in [7, 11) is 0. The smallest absolute Gasteiger partial charge is 0.123 e. The van der Waals surface area contributed by atoms with E-state index in [1.165, 1.54) is 0 Å². The lowest BCUT2D eigenvalue weighted by molar-refractivity contribution is 0.0459. The zero-order chi connectivity index (χ0) is 13.7. The molecule has 0 radical (unpaired) electrons. The second-order valence-electron chi connectivity index (χ2n) is 4.84. The van der Waals surface area contributed by atoms with Crippen molar-refractivity contribution in [3.8, 4) is 5.75 Å². The topological polar surface area (TPSA) is 47.7 Å². The van der Waals surface area contributed by atoms with Crippen molar-refractivity contribution in [2.24, 2.45) is 0 Å². The molecule has 19 heavy (non-hydrogen) atoms. The Hall–Kier alpha value is -1.42. The van der Waals surface area contributed by atoms with E-state index in [9.17, 15) is 0 Å². The maximum absolute atomic E-state index is 5.94. The summed E-state index contributed by atoms with van der Waals surface area (Å²) in [6.45, 7) is 7.53. The number of nitrogens with two attached hydrogens (primary N) is 1. The normalized spacial score (nSPS) is 16.6. The SMILES string of the molecule is CCOc1cc(N)cc(N2CCC(OCC)CC2)c1. The molecule has 106 valence electrons. The highest BCUT2D eigenvalue weighted by Crippen LogP contribution is 2.28. The van der Waals surface area contributed by atoms with Crippen molar-refractivity contribution < 1.29 is 9.47 Å². The Kier molecular flexibility index (Phi) is 4.91. The van der Waals surface area contributed by atoms with Gasteiger partial charge in [0.1, 0.15) is 5.75 Å². The van der Waals surface area contributed by atoms with E-state index in [1.54, 1.807) is 0 Å². The molecule has 0 saturated carbocycles. The summed E-state index contributed by atoms with van der Waals surface area (Å²) in [4.78, 5) is 2.36. The van der Waals surface area contributed by atoms with E-state index < -0.39 is 0 Å². The predicted molar refractivity (Wildman–Crippen MR) is 78.9 cm³/mol. The molecule has 1 aliphatic rings. The molecule has 1 heterocycles. The molecule has 0 bridgehead atoms. The monoisotopic (exact) mass is 264 g/mol.